The highest BCUT2D eigenvalue weighted by Gasteiger charge is 2.26. The number of aryl methyl sites for hydroxylation is 1. The number of benzene rings is 4. The Morgan fingerprint density at radius 3 is 1.47 bits per heavy atom. The van der Waals surface area contributed by atoms with Crippen molar-refractivity contribution in [2.75, 3.05) is 10.6 Å². The average Bonchev–Trinajstić information content (AvgIpc) is 3.99. The van der Waals surface area contributed by atoms with Gasteiger partial charge in [0.15, 0.2) is 11.5 Å². The first kappa shape index (κ1) is 39.8. The largest absolute Gasteiger partial charge is 0.478 e. The Balaban J connectivity index is 0.000000177. The van der Waals surface area contributed by atoms with Gasteiger partial charge in [0, 0.05) is 48.8 Å². The van der Waals surface area contributed by atoms with Crippen molar-refractivity contribution >= 4 is 102 Å². The first-order valence-corrected chi connectivity index (χ1v) is 19.1. The summed E-state index contributed by atoms with van der Waals surface area (Å²) < 4.78 is 53.5. The van der Waals surface area contributed by atoms with E-state index in [0.29, 0.717) is 22.1 Å². The second-order valence-electron chi connectivity index (χ2n) is 12.3. The molecule has 0 fully saturated rings. The van der Waals surface area contributed by atoms with Crippen molar-refractivity contribution in [1.29, 1.82) is 0 Å². The number of hydrogen-bond donors (Lipinski definition) is 4. The first-order chi connectivity index (χ1) is 27.7. The van der Waals surface area contributed by atoms with Crippen LogP contribution in [0.3, 0.4) is 0 Å². The summed E-state index contributed by atoms with van der Waals surface area (Å²) in [6.45, 7) is 1.70. The zero-order valence-corrected chi connectivity index (χ0v) is 32.4. The lowest BCUT2D eigenvalue weighted by Crippen LogP contribution is -2.12. The van der Waals surface area contributed by atoms with Crippen molar-refractivity contribution in [1.82, 2.24) is 0 Å². The topological polar surface area (TPSA) is 159 Å². The van der Waals surface area contributed by atoms with Crippen LogP contribution in [0.4, 0.5) is 23.2 Å². The monoisotopic (exact) mass is 862 g/mol. The highest BCUT2D eigenvalue weighted by molar-refractivity contribution is 7.15. The minimum Gasteiger partial charge on any atom is -0.478 e. The van der Waals surface area contributed by atoms with Crippen LogP contribution in [0.1, 0.15) is 47.4 Å². The Kier molecular flexibility index (Phi) is 11.1. The average molecular weight is 864 g/mol. The molecule has 4 aromatic carbocycles. The van der Waals surface area contributed by atoms with E-state index in [0.717, 1.165) is 46.3 Å². The molecule has 0 radical (unpaired) electrons. The van der Waals surface area contributed by atoms with Gasteiger partial charge in [-0.2, -0.15) is 0 Å². The van der Waals surface area contributed by atoms with Crippen LogP contribution in [0.2, 0.25) is 10.0 Å². The predicted molar refractivity (Wildman–Crippen MR) is 216 cm³/mol. The lowest BCUT2D eigenvalue weighted by molar-refractivity contribution is 0.0688. The zero-order chi connectivity index (χ0) is 41.4. The standard InChI is InChI=1S/C21H13ClFNO4S.C20H10ClF2NO4S/c1-10-6-12(15(23)8-14(10)22)13-9-29-20(18(13)21(26)27)24-19(25)17-7-11-4-2-3-5-16(11)28-17;21-12-7-13(22)10(6-14(12)23)11-8-29-19(17(11)20(26)27)24-18(25)16-5-9-3-1-2-4-15(9)28-16/h2-9H,1H3,(H,24,25)(H,26,27);1-8H,(H,24,25)(H,26,27). The summed E-state index contributed by atoms with van der Waals surface area (Å²) in [5.41, 5.74) is 1.02. The van der Waals surface area contributed by atoms with Crippen molar-refractivity contribution in [3.63, 3.8) is 0 Å². The number of para-hydroxylation sites is 2. The molecule has 0 spiro atoms. The number of anilines is 2. The van der Waals surface area contributed by atoms with Crippen LogP contribution in [0.25, 0.3) is 44.2 Å². The highest BCUT2D eigenvalue weighted by Crippen LogP contribution is 2.40. The van der Waals surface area contributed by atoms with E-state index in [9.17, 15) is 42.6 Å². The van der Waals surface area contributed by atoms with Crippen LogP contribution in [-0.2, 0) is 0 Å². The maximum atomic E-state index is 14.4. The highest BCUT2D eigenvalue weighted by atomic mass is 35.5. The van der Waals surface area contributed by atoms with Crippen LogP contribution in [0, 0.1) is 24.4 Å². The molecule has 10 nitrogen and oxygen atoms in total. The summed E-state index contributed by atoms with van der Waals surface area (Å²) in [5, 5.41) is 28.5. The second-order valence-corrected chi connectivity index (χ2v) is 14.9. The smallest absolute Gasteiger partial charge is 0.339 e. The molecule has 0 bridgehead atoms. The van der Waals surface area contributed by atoms with Gasteiger partial charge in [-0.15, -0.1) is 22.7 Å². The number of hydrogen-bond acceptors (Lipinski definition) is 8. The number of carbonyl (C=O) groups excluding carboxylic acids is 2. The molecule has 0 atom stereocenters. The fraction of sp³-hybridized carbons (Fsp3) is 0.0244. The molecule has 8 aromatic rings. The van der Waals surface area contributed by atoms with Gasteiger partial charge >= 0.3 is 11.9 Å². The summed E-state index contributed by atoms with van der Waals surface area (Å²) in [5.74, 6) is -6.33. The Morgan fingerprint density at radius 2 is 1.02 bits per heavy atom. The Morgan fingerprint density at radius 1 is 0.586 bits per heavy atom. The molecule has 0 aliphatic rings. The number of furan rings is 2. The van der Waals surface area contributed by atoms with Gasteiger partial charge < -0.3 is 29.7 Å². The quantitative estimate of drug-likeness (QED) is 0.110. The molecular formula is C41H23Cl2F3N2O8S2. The number of thiophene rings is 2. The molecule has 8 rings (SSSR count). The maximum absolute atomic E-state index is 14.4. The van der Waals surface area contributed by atoms with Crippen LogP contribution in [0.15, 0.2) is 105 Å². The van der Waals surface area contributed by atoms with Gasteiger partial charge in [0.1, 0.15) is 49.7 Å². The van der Waals surface area contributed by atoms with Gasteiger partial charge in [-0.25, -0.2) is 22.8 Å². The molecule has 0 saturated carbocycles. The van der Waals surface area contributed by atoms with E-state index >= 15 is 0 Å². The van der Waals surface area contributed by atoms with Crippen LogP contribution >= 0.6 is 45.9 Å². The van der Waals surface area contributed by atoms with Gasteiger partial charge in [-0.3, -0.25) is 9.59 Å². The lowest BCUT2D eigenvalue weighted by Gasteiger charge is -2.08. The summed E-state index contributed by atoms with van der Waals surface area (Å²) in [7, 11) is 0. The molecule has 0 saturated heterocycles. The normalized spacial score (nSPS) is 11.0. The molecule has 0 aliphatic carbocycles. The number of carboxylic acid groups (broad SMARTS) is 2. The van der Waals surface area contributed by atoms with E-state index in [4.69, 9.17) is 32.0 Å². The molecule has 4 aromatic heterocycles. The first-order valence-electron chi connectivity index (χ1n) is 16.6. The summed E-state index contributed by atoms with van der Waals surface area (Å²) >= 11 is 13.4. The number of carbonyl (C=O) groups is 4. The van der Waals surface area contributed by atoms with Gasteiger partial charge in [0.05, 0.1) is 5.02 Å². The molecule has 17 heteroatoms. The van der Waals surface area contributed by atoms with Gasteiger partial charge in [-0.1, -0.05) is 59.6 Å². The van der Waals surface area contributed by atoms with E-state index in [1.54, 1.807) is 55.5 Å². The fourth-order valence-corrected chi connectivity index (χ4v) is 8.03. The van der Waals surface area contributed by atoms with E-state index in [2.05, 4.69) is 10.6 Å². The summed E-state index contributed by atoms with van der Waals surface area (Å²) in [6.07, 6.45) is 0. The van der Waals surface area contributed by atoms with E-state index in [1.165, 1.54) is 22.9 Å². The number of amides is 2. The molecule has 4 N–H and O–H groups in total. The molecule has 0 aliphatic heterocycles. The van der Waals surface area contributed by atoms with Crippen molar-refractivity contribution in [2.24, 2.45) is 0 Å². The summed E-state index contributed by atoms with van der Waals surface area (Å²) in [4.78, 5) is 48.8. The number of nitrogens with one attached hydrogen (secondary N) is 2. The number of carboxylic acids is 2. The number of aromatic carboxylic acids is 2. The molecule has 4 heterocycles. The Labute approximate surface area is 342 Å². The fourth-order valence-electron chi connectivity index (χ4n) is 5.83. The number of halogens is 5. The number of fused-ring (bicyclic) bond motifs is 2. The Bertz CT molecular complexity index is 2690. The Hall–Kier alpha value is -6.39. The van der Waals surface area contributed by atoms with E-state index in [-0.39, 0.29) is 59.9 Å². The van der Waals surface area contributed by atoms with Crippen molar-refractivity contribution in [3.8, 4) is 22.3 Å². The SMILES string of the molecule is Cc1cc(-c2csc(NC(=O)c3cc4ccccc4o3)c2C(=O)O)c(F)cc1Cl.O=C(Nc1scc(-c2cc(F)c(Cl)cc2F)c1C(=O)O)c1cc2ccccc2o1. The van der Waals surface area contributed by atoms with Crippen LogP contribution in [0.5, 0.6) is 0 Å². The minimum atomic E-state index is -1.41. The van der Waals surface area contributed by atoms with Crippen molar-refractivity contribution in [3.05, 3.63) is 151 Å². The van der Waals surface area contributed by atoms with Crippen molar-refractivity contribution in [2.45, 2.75) is 6.92 Å². The van der Waals surface area contributed by atoms with Crippen molar-refractivity contribution < 1.29 is 51.4 Å². The third-order valence-electron chi connectivity index (χ3n) is 8.60. The molecular weight excluding hydrogens is 840 g/mol. The summed E-state index contributed by atoms with van der Waals surface area (Å²) in [6, 6.07) is 21.4. The minimum absolute atomic E-state index is 0.0128. The van der Waals surface area contributed by atoms with E-state index in [1.807, 2.05) is 6.07 Å². The van der Waals surface area contributed by atoms with Crippen LogP contribution in [-0.4, -0.2) is 34.0 Å². The lowest BCUT2D eigenvalue weighted by atomic mass is 10.0. The van der Waals surface area contributed by atoms with Gasteiger partial charge in [0.2, 0.25) is 0 Å². The second kappa shape index (κ2) is 16.2. The van der Waals surface area contributed by atoms with Crippen LogP contribution < -0.4 is 10.6 Å². The van der Waals surface area contributed by atoms with Gasteiger partial charge in [-0.05, 0) is 61.0 Å². The third-order valence-corrected chi connectivity index (χ3v) is 11.1. The zero-order valence-electron chi connectivity index (χ0n) is 29.3. The molecule has 292 valence electrons. The molecule has 0 unspecified atom stereocenters. The predicted octanol–water partition coefficient (Wildman–Crippen LogP) is 12.3. The van der Waals surface area contributed by atoms with E-state index < -0.39 is 46.2 Å². The van der Waals surface area contributed by atoms with Gasteiger partial charge in [0.25, 0.3) is 11.8 Å². The number of rotatable bonds is 8. The maximum Gasteiger partial charge on any atom is 0.339 e. The molecule has 2 amide bonds. The third kappa shape index (κ3) is 7.93. The molecule has 58 heavy (non-hydrogen) atoms.